The highest BCUT2D eigenvalue weighted by Gasteiger charge is 2.46. The Morgan fingerprint density at radius 2 is 1.79 bits per heavy atom. The molecule has 2 saturated heterocycles. The van der Waals surface area contributed by atoms with Gasteiger partial charge in [0.15, 0.2) is 0 Å². The molecule has 1 aromatic carbocycles. The van der Waals surface area contributed by atoms with Crippen LogP contribution in [0.15, 0.2) is 30.3 Å². The van der Waals surface area contributed by atoms with E-state index in [2.05, 4.69) is 5.32 Å². The lowest BCUT2D eigenvalue weighted by Crippen LogP contribution is -2.40. The van der Waals surface area contributed by atoms with Crippen LogP contribution in [0.5, 0.6) is 0 Å². The summed E-state index contributed by atoms with van der Waals surface area (Å²) < 4.78 is 5.41. The third-order valence-electron chi connectivity index (χ3n) is 6.12. The SMILES string of the molecule is O=C(NC1CC1)C(=O)C1CN(CC2CCOCC2)C(=O)[C@@H]1Cc1ccccc1. The Labute approximate surface area is 165 Å². The van der Waals surface area contributed by atoms with Crippen molar-refractivity contribution in [1.29, 1.82) is 0 Å². The second-order valence-corrected chi connectivity index (χ2v) is 8.31. The van der Waals surface area contributed by atoms with Crippen molar-refractivity contribution in [2.45, 2.75) is 38.1 Å². The Hall–Kier alpha value is -2.21. The average molecular weight is 384 g/mol. The van der Waals surface area contributed by atoms with Crippen molar-refractivity contribution in [2.75, 3.05) is 26.3 Å². The van der Waals surface area contributed by atoms with Gasteiger partial charge in [0.1, 0.15) is 0 Å². The number of nitrogens with zero attached hydrogens (tertiary/aromatic N) is 1. The molecular weight excluding hydrogens is 356 g/mol. The van der Waals surface area contributed by atoms with Gasteiger partial charge in [-0.25, -0.2) is 0 Å². The average Bonchev–Trinajstić information content (AvgIpc) is 3.49. The first-order valence-corrected chi connectivity index (χ1v) is 10.4. The van der Waals surface area contributed by atoms with E-state index in [0.29, 0.717) is 25.4 Å². The maximum Gasteiger partial charge on any atom is 0.287 e. The summed E-state index contributed by atoms with van der Waals surface area (Å²) >= 11 is 0. The molecule has 2 amide bonds. The maximum atomic E-state index is 13.2. The molecule has 6 nitrogen and oxygen atoms in total. The molecule has 4 rings (SSSR count). The fourth-order valence-electron chi connectivity index (χ4n) is 4.28. The van der Waals surface area contributed by atoms with E-state index in [1.807, 2.05) is 35.2 Å². The number of ether oxygens (including phenoxy) is 1. The minimum Gasteiger partial charge on any atom is -0.381 e. The molecule has 0 bridgehead atoms. The van der Waals surface area contributed by atoms with Gasteiger partial charge in [0.25, 0.3) is 5.91 Å². The number of benzene rings is 1. The number of hydrogen-bond donors (Lipinski definition) is 1. The molecule has 0 radical (unpaired) electrons. The predicted octanol–water partition coefficient (Wildman–Crippen LogP) is 1.58. The van der Waals surface area contributed by atoms with Gasteiger partial charge in [-0.3, -0.25) is 14.4 Å². The monoisotopic (exact) mass is 384 g/mol. The first-order chi connectivity index (χ1) is 13.6. The number of ketones is 1. The molecule has 1 aliphatic carbocycles. The number of amides is 2. The van der Waals surface area contributed by atoms with Gasteiger partial charge in [0, 0.05) is 32.3 Å². The number of rotatable bonds is 7. The first kappa shape index (κ1) is 19.1. The van der Waals surface area contributed by atoms with Gasteiger partial charge in [0.05, 0.1) is 11.8 Å². The van der Waals surface area contributed by atoms with Crippen LogP contribution in [-0.2, 0) is 25.5 Å². The van der Waals surface area contributed by atoms with Crippen molar-refractivity contribution in [2.24, 2.45) is 17.8 Å². The van der Waals surface area contributed by atoms with E-state index < -0.39 is 23.5 Å². The van der Waals surface area contributed by atoms with Crippen molar-refractivity contribution in [3.63, 3.8) is 0 Å². The zero-order chi connectivity index (χ0) is 19.5. The molecule has 150 valence electrons. The lowest BCUT2D eigenvalue weighted by atomic mass is 9.86. The van der Waals surface area contributed by atoms with Crippen LogP contribution in [-0.4, -0.2) is 54.8 Å². The smallest absolute Gasteiger partial charge is 0.287 e. The minimum atomic E-state index is -0.564. The first-order valence-electron chi connectivity index (χ1n) is 10.4. The van der Waals surface area contributed by atoms with Crippen LogP contribution in [0.1, 0.15) is 31.2 Å². The van der Waals surface area contributed by atoms with E-state index in [0.717, 1.165) is 44.5 Å². The summed E-state index contributed by atoms with van der Waals surface area (Å²) in [6.45, 7) is 2.46. The van der Waals surface area contributed by atoms with Gasteiger partial charge < -0.3 is 15.0 Å². The van der Waals surface area contributed by atoms with Crippen molar-refractivity contribution >= 4 is 17.6 Å². The van der Waals surface area contributed by atoms with Gasteiger partial charge in [-0.1, -0.05) is 30.3 Å². The van der Waals surface area contributed by atoms with Crippen LogP contribution in [0.25, 0.3) is 0 Å². The topological polar surface area (TPSA) is 75.7 Å². The highest BCUT2D eigenvalue weighted by molar-refractivity contribution is 6.37. The van der Waals surface area contributed by atoms with Gasteiger partial charge in [-0.2, -0.15) is 0 Å². The van der Waals surface area contributed by atoms with E-state index in [1.54, 1.807) is 0 Å². The predicted molar refractivity (Wildman–Crippen MR) is 103 cm³/mol. The van der Waals surface area contributed by atoms with Gasteiger partial charge in [-0.05, 0) is 43.6 Å². The van der Waals surface area contributed by atoms with Gasteiger partial charge >= 0.3 is 0 Å². The molecule has 1 aromatic rings. The Balaban J connectivity index is 1.49. The molecule has 0 spiro atoms. The van der Waals surface area contributed by atoms with Crippen LogP contribution in [0, 0.1) is 17.8 Å². The van der Waals surface area contributed by atoms with Crippen LogP contribution >= 0.6 is 0 Å². The van der Waals surface area contributed by atoms with E-state index in [4.69, 9.17) is 4.74 Å². The fourth-order valence-corrected chi connectivity index (χ4v) is 4.28. The summed E-state index contributed by atoms with van der Waals surface area (Å²) in [5.41, 5.74) is 1.02. The molecule has 1 unspecified atom stereocenters. The molecule has 28 heavy (non-hydrogen) atoms. The normalized spacial score (nSPS) is 25.7. The zero-order valence-electron chi connectivity index (χ0n) is 16.1. The van der Waals surface area contributed by atoms with Crippen LogP contribution < -0.4 is 5.32 Å². The Bertz CT molecular complexity index is 725. The number of carbonyl (C=O) groups excluding carboxylic acids is 3. The van der Waals surface area contributed by atoms with E-state index in [9.17, 15) is 14.4 Å². The number of hydrogen-bond acceptors (Lipinski definition) is 4. The van der Waals surface area contributed by atoms with E-state index in [1.165, 1.54) is 0 Å². The molecule has 3 fully saturated rings. The Morgan fingerprint density at radius 1 is 1.07 bits per heavy atom. The molecule has 2 aliphatic heterocycles. The summed E-state index contributed by atoms with van der Waals surface area (Å²) in [4.78, 5) is 40.2. The molecule has 3 aliphatic rings. The number of likely N-dealkylation sites (tertiary alicyclic amines) is 1. The quantitative estimate of drug-likeness (QED) is 0.724. The van der Waals surface area contributed by atoms with Gasteiger partial charge in [-0.15, -0.1) is 0 Å². The maximum absolute atomic E-state index is 13.2. The van der Waals surface area contributed by atoms with Crippen LogP contribution in [0.3, 0.4) is 0 Å². The number of Topliss-reactive ketones (excluding diaryl/α,β-unsaturated/α-hetero) is 1. The van der Waals surface area contributed by atoms with Crippen molar-refractivity contribution in [3.05, 3.63) is 35.9 Å². The summed E-state index contributed by atoms with van der Waals surface area (Å²) in [7, 11) is 0. The molecule has 2 heterocycles. The third-order valence-corrected chi connectivity index (χ3v) is 6.12. The minimum absolute atomic E-state index is 0.00733. The van der Waals surface area contributed by atoms with E-state index in [-0.39, 0.29) is 11.9 Å². The number of carbonyl (C=O) groups is 3. The second kappa shape index (κ2) is 8.43. The highest BCUT2D eigenvalue weighted by atomic mass is 16.5. The van der Waals surface area contributed by atoms with Crippen LogP contribution in [0.2, 0.25) is 0 Å². The lowest BCUT2D eigenvalue weighted by molar-refractivity contribution is -0.141. The van der Waals surface area contributed by atoms with Crippen LogP contribution in [0.4, 0.5) is 0 Å². The zero-order valence-corrected chi connectivity index (χ0v) is 16.1. The molecule has 2 atom stereocenters. The summed E-state index contributed by atoms with van der Waals surface area (Å²) in [5.74, 6) is -1.56. The molecule has 6 heteroatoms. The molecular formula is C22H28N2O4. The lowest BCUT2D eigenvalue weighted by Gasteiger charge is -2.27. The Kier molecular flexibility index (Phi) is 5.76. The second-order valence-electron chi connectivity index (χ2n) is 8.31. The van der Waals surface area contributed by atoms with Crippen molar-refractivity contribution in [1.82, 2.24) is 10.2 Å². The largest absolute Gasteiger partial charge is 0.381 e. The Morgan fingerprint density at radius 3 is 2.46 bits per heavy atom. The molecule has 1 N–H and O–H groups in total. The highest BCUT2D eigenvalue weighted by Crippen LogP contribution is 2.31. The standard InChI is InChI=1S/C22H28N2O4/c25-20(21(26)23-17-6-7-17)19-14-24(13-16-8-10-28-11-9-16)22(27)18(19)12-15-4-2-1-3-5-15/h1-5,16-19H,6-14H2,(H,23,26)/t18-,19?/m1/s1. The summed E-state index contributed by atoms with van der Waals surface area (Å²) in [6.07, 6.45) is 4.25. The fraction of sp³-hybridized carbons (Fsp3) is 0.591. The van der Waals surface area contributed by atoms with Gasteiger partial charge in [0.2, 0.25) is 11.7 Å². The van der Waals surface area contributed by atoms with Crippen molar-refractivity contribution < 1.29 is 19.1 Å². The number of nitrogens with one attached hydrogen (secondary N) is 1. The molecule has 1 saturated carbocycles. The van der Waals surface area contributed by atoms with Crippen molar-refractivity contribution in [3.8, 4) is 0 Å². The summed E-state index contributed by atoms with van der Waals surface area (Å²) in [5, 5.41) is 2.79. The summed E-state index contributed by atoms with van der Waals surface area (Å²) in [6, 6.07) is 9.89. The molecule has 0 aromatic heterocycles. The third kappa shape index (κ3) is 4.43. The van der Waals surface area contributed by atoms with E-state index >= 15 is 0 Å².